The molecule has 112 valence electrons. The van der Waals surface area contributed by atoms with Crippen molar-refractivity contribution in [2.75, 3.05) is 5.75 Å². The molecule has 1 rings (SSSR count). The number of carbonyl (C=O) groups is 1. The van der Waals surface area contributed by atoms with Crippen molar-refractivity contribution in [1.82, 2.24) is 4.72 Å². The average molecular weight is 299 g/mol. The van der Waals surface area contributed by atoms with Gasteiger partial charge in [-0.15, -0.1) is 0 Å². The first-order valence-corrected chi connectivity index (χ1v) is 8.26. The molecule has 1 unspecified atom stereocenters. The molecule has 0 aromatic heterocycles. The van der Waals surface area contributed by atoms with Gasteiger partial charge in [0.05, 0.1) is 5.75 Å². The van der Waals surface area contributed by atoms with Gasteiger partial charge in [-0.3, -0.25) is 4.79 Å². The van der Waals surface area contributed by atoms with Gasteiger partial charge in [0, 0.05) is 0 Å². The van der Waals surface area contributed by atoms with Crippen LogP contribution in [-0.2, 0) is 21.2 Å². The maximum atomic E-state index is 11.9. The van der Waals surface area contributed by atoms with Crippen molar-refractivity contribution < 1.29 is 18.3 Å². The second-order valence-corrected chi connectivity index (χ2v) is 6.79. The molecule has 0 radical (unpaired) electrons. The number of sulfonamides is 1. The molecule has 0 fully saturated rings. The Balaban J connectivity index is 2.75. The molecule has 0 spiro atoms. The normalized spacial score (nSPS) is 14.7. The minimum Gasteiger partial charge on any atom is -0.480 e. The summed E-state index contributed by atoms with van der Waals surface area (Å²) >= 11 is 0. The number of carboxylic acids is 1. The van der Waals surface area contributed by atoms with Crippen LogP contribution in [0, 0.1) is 5.92 Å². The third kappa shape index (κ3) is 5.71. The van der Waals surface area contributed by atoms with Gasteiger partial charge in [-0.2, -0.15) is 0 Å². The Morgan fingerprint density at radius 2 is 1.90 bits per heavy atom. The molecule has 0 saturated heterocycles. The molecule has 0 aliphatic carbocycles. The van der Waals surface area contributed by atoms with E-state index in [4.69, 9.17) is 5.11 Å². The summed E-state index contributed by atoms with van der Waals surface area (Å²) in [5.74, 6) is -1.22. The lowest BCUT2D eigenvalue weighted by molar-refractivity contribution is -0.138. The number of hydrogen-bond donors (Lipinski definition) is 2. The van der Waals surface area contributed by atoms with Crippen LogP contribution in [0.2, 0.25) is 0 Å². The van der Waals surface area contributed by atoms with E-state index in [-0.39, 0.29) is 18.1 Å². The predicted molar refractivity (Wildman–Crippen MR) is 77.9 cm³/mol. The fraction of sp³-hybridized carbons (Fsp3) is 0.500. The lowest BCUT2D eigenvalue weighted by Crippen LogP contribution is -2.44. The molecular weight excluding hydrogens is 278 g/mol. The Morgan fingerprint density at radius 3 is 2.40 bits per heavy atom. The summed E-state index contributed by atoms with van der Waals surface area (Å²) < 4.78 is 26.1. The van der Waals surface area contributed by atoms with Gasteiger partial charge in [-0.05, 0) is 17.9 Å². The number of carboxylic acid groups (broad SMARTS) is 1. The highest BCUT2D eigenvalue weighted by Crippen LogP contribution is 2.08. The number of nitrogens with one attached hydrogen (secondary N) is 1. The van der Waals surface area contributed by atoms with Gasteiger partial charge in [-0.1, -0.05) is 50.6 Å². The van der Waals surface area contributed by atoms with Gasteiger partial charge < -0.3 is 5.11 Å². The van der Waals surface area contributed by atoms with Gasteiger partial charge >= 0.3 is 5.97 Å². The Hall–Kier alpha value is -1.40. The molecule has 0 aliphatic heterocycles. The molecular formula is C14H21NO4S. The van der Waals surface area contributed by atoms with Gasteiger partial charge in [0.2, 0.25) is 10.0 Å². The van der Waals surface area contributed by atoms with Crippen LogP contribution in [0.15, 0.2) is 30.3 Å². The molecule has 0 amide bonds. The topological polar surface area (TPSA) is 83.5 Å². The molecule has 2 atom stereocenters. The first kappa shape index (κ1) is 16.7. The number of benzene rings is 1. The highest BCUT2D eigenvalue weighted by atomic mass is 32.2. The van der Waals surface area contributed by atoms with Crippen molar-refractivity contribution in [3.05, 3.63) is 35.9 Å². The van der Waals surface area contributed by atoms with Crippen LogP contribution in [0.3, 0.4) is 0 Å². The minimum absolute atomic E-state index is 0.00123. The molecule has 1 aromatic carbocycles. The van der Waals surface area contributed by atoms with E-state index in [0.29, 0.717) is 0 Å². The molecule has 2 N–H and O–H groups in total. The predicted octanol–water partition coefficient (Wildman–Crippen LogP) is 1.65. The second kappa shape index (κ2) is 7.40. The van der Waals surface area contributed by atoms with Gasteiger partial charge in [0.1, 0.15) is 6.04 Å². The first-order valence-electron chi connectivity index (χ1n) is 6.60. The molecule has 6 heteroatoms. The van der Waals surface area contributed by atoms with Crippen LogP contribution in [-0.4, -0.2) is 31.3 Å². The SMILES string of the molecule is CCC(C)CS(=O)(=O)N[C@H](Cc1ccccc1)C(=O)O. The summed E-state index contributed by atoms with van der Waals surface area (Å²) in [5, 5.41) is 9.16. The first-order chi connectivity index (χ1) is 9.34. The lowest BCUT2D eigenvalue weighted by Gasteiger charge is -2.16. The third-order valence-electron chi connectivity index (χ3n) is 3.10. The molecule has 0 heterocycles. The average Bonchev–Trinajstić information content (AvgIpc) is 2.38. The monoisotopic (exact) mass is 299 g/mol. The summed E-state index contributed by atoms with van der Waals surface area (Å²) in [4.78, 5) is 11.2. The van der Waals surface area contributed by atoms with E-state index in [0.717, 1.165) is 12.0 Å². The number of aliphatic carboxylic acids is 1. The van der Waals surface area contributed by atoms with Crippen molar-refractivity contribution in [2.24, 2.45) is 5.92 Å². The Bertz CT molecular complexity index is 527. The van der Waals surface area contributed by atoms with Crippen molar-refractivity contribution in [1.29, 1.82) is 0 Å². The highest BCUT2D eigenvalue weighted by molar-refractivity contribution is 7.89. The molecule has 5 nitrogen and oxygen atoms in total. The summed E-state index contributed by atoms with van der Waals surface area (Å²) in [6, 6.07) is 7.83. The fourth-order valence-electron chi connectivity index (χ4n) is 1.79. The van der Waals surface area contributed by atoms with Crippen LogP contribution in [0.4, 0.5) is 0 Å². The largest absolute Gasteiger partial charge is 0.480 e. The summed E-state index contributed by atoms with van der Waals surface area (Å²) in [7, 11) is -3.59. The minimum atomic E-state index is -3.59. The van der Waals surface area contributed by atoms with E-state index >= 15 is 0 Å². The zero-order valence-electron chi connectivity index (χ0n) is 11.7. The van der Waals surface area contributed by atoms with E-state index in [1.54, 1.807) is 24.3 Å². The highest BCUT2D eigenvalue weighted by Gasteiger charge is 2.25. The van der Waals surface area contributed by atoms with Crippen LogP contribution < -0.4 is 4.72 Å². The Kier molecular flexibility index (Phi) is 6.16. The van der Waals surface area contributed by atoms with Crippen molar-refractivity contribution in [2.45, 2.75) is 32.7 Å². The van der Waals surface area contributed by atoms with E-state index in [2.05, 4.69) is 4.72 Å². The maximum Gasteiger partial charge on any atom is 0.322 e. The van der Waals surface area contributed by atoms with Crippen LogP contribution >= 0.6 is 0 Å². The molecule has 0 bridgehead atoms. The third-order valence-corrected chi connectivity index (χ3v) is 4.75. The zero-order valence-corrected chi connectivity index (χ0v) is 12.6. The van der Waals surface area contributed by atoms with E-state index in [1.165, 1.54) is 0 Å². The number of rotatable bonds is 8. The fourth-order valence-corrected chi connectivity index (χ4v) is 3.49. The van der Waals surface area contributed by atoms with Crippen LogP contribution in [0.1, 0.15) is 25.8 Å². The van der Waals surface area contributed by atoms with Crippen molar-refractivity contribution in [3.63, 3.8) is 0 Å². The second-order valence-electron chi connectivity index (χ2n) is 4.99. The quantitative estimate of drug-likeness (QED) is 0.764. The van der Waals surface area contributed by atoms with Gasteiger partial charge in [0.15, 0.2) is 0 Å². The summed E-state index contributed by atoms with van der Waals surface area (Å²) in [6.07, 6.45) is 0.868. The Labute approximate surface area is 120 Å². The van der Waals surface area contributed by atoms with Crippen LogP contribution in [0.5, 0.6) is 0 Å². The molecule has 20 heavy (non-hydrogen) atoms. The maximum absolute atomic E-state index is 11.9. The molecule has 1 aromatic rings. The van der Waals surface area contributed by atoms with E-state index in [9.17, 15) is 13.2 Å². The summed E-state index contributed by atoms with van der Waals surface area (Å²) in [6.45, 7) is 3.73. The van der Waals surface area contributed by atoms with Crippen LogP contribution in [0.25, 0.3) is 0 Å². The molecule has 0 saturated carbocycles. The van der Waals surface area contributed by atoms with Gasteiger partial charge in [-0.25, -0.2) is 13.1 Å². The number of hydrogen-bond acceptors (Lipinski definition) is 3. The van der Waals surface area contributed by atoms with E-state index in [1.807, 2.05) is 19.9 Å². The van der Waals surface area contributed by atoms with Crippen molar-refractivity contribution in [3.8, 4) is 0 Å². The zero-order chi connectivity index (χ0) is 15.2. The lowest BCUT2D eigenvalue weighted by atomic mass is 10.1. The standard InChI is InChI=1S/C14H21NO4S/c1-3-11(2)10-20(18,19)15-13(14(16)17)9-12-7-5-4-6-8-12/h4-8,11,13,15H,3,9-10H2,1-2H3,(H,16,17)/t11?,13-/m1/s1. The van der Waals surface area contributed by atoms with Crippen molar-refractivity contribution >= 4 is 16.0 Å². The Morgan fingerprint density at radius 1 is 1.30 bits per heavy atom. The smallest absolute Gasteiger partial charge is 0.322 e. The van der Waals surface area contributed by atoms with E-state index < -0.39 is 22.0 Å². The summed E-state index contributed by atoms with van der Waals surface area (Å²) in [5.41, 5.74) is 0.783. The van der Waals surface area contributed by atoms with Gasteiger partial charge in [0.25, 0.3) is 0 Å². The molecule has 0 aliphatic rings.